The van der Waals surface area contributed by atoms with Gasteiger partial charge in [-0.2, -0.15) is 0 Å². The highest BCUT2D eigenvalue weighted by Gasteiger charge is 2.14. The third-order valence-electron chi connectivity index (χ3n) is 10.7. The zero-order valence-electron chi connectivity index (χ0n) is 35.4. The summed E-state index contributed by atoms with van der Waals surface area (Å²) in [5.74, 6) is -0.00420. The van der Waals surface area contributed by atoms with Crippen LogP contribution in [-0.2, 0) is 19.1 Å². The van der Waals surface area contributed by atoms with Gasteiger partial charge in [-0.05, 0) is 77.3 Å². The second kappa shape index (κ2) is 42.6. The van der Waals surface area contributed by atoms with Crippen LogP contribution in [0.1, 0.15) is 245 Å². The summed E-state index contributed by atoms with van der Waals surface area (Å²) in [5, 5.41) is 9.39. The lowest BCUT2D eigenvalue weighted by Gasteiger charge is -2.22. The third kappa shape index (κ3) is 38.6. The van der Waals surface area contributed by atoms with Crippen LogP contribution < -0.4 is 0 Å². The average Bonchev–Trinajstić information content (AvgIpc) is 3.14. The van der Waals surface area contributed by atoms with Gasteiger partial charge in [-0.25, -0.2) is 0 Å². The molecule has 310 valence electrons. The van der Waals surface area contributed by atoms with Gasteiger partial charge in [0.15, 0.2) is 0 Å². The fourth-order valence-electron chi connectivity index (χ4n) is 7.21. The van der Waals surface area contributed by atoms with Gasteiger partial charge in [0.1, 0.15) is 6.10 Å². The highest BCUT2D eigenvalue weighted by atomic mass is 16.5. The van der Waals surface area contributed by atoms with E-state index in [1.54, 1.807) is 0 Å². The quantitative estimate of drug-likeness (QED) is 0.0496. The monoisotopic (exact) mass is 738 g/mol. The summed E-state index contributed by atoms with van der Waals surface area (Å²) in [6.45, 7) is 10.8. The molecule has 0 bridgehead atoms. The van der Waals surface area contributed by atoms with Crippen molar-refractivity contribution in [2.75, 3.05) is 32.8 Å². The molecule has 0 saturated heterocycles. The predicted molar refractivity (Wildman–Crippen MR) is 223 cm³/mol. The Labute approximate surface area is 324 Å². The zero-order chi connectivity index (χ0) is 38.0. The van der Waals surface area contributed by atoms with E-state index in [0.29, 0.717) is 19.4 Å². The van der Waals surface area contributed by atoms with Crippen molar-refractivity contribution >= 4 is 11.9 Å². The number of unbranched alkanes of at least 4 members (excludes halogenated alkanes) is 25. The molecular formula is C46H91NO5. The molecule has 0 heterocycles. The molecule has 0 radical (unpaired) electrons. The van der Waals surface area contributed by atoms with E-state index in [1.807, 2.05) is 0 Å². The number of carbonyl (C=O) groups excluding carboxylic acids is 2. The van der Waals surface area contributed by atoms with Crippen LogP contribution in [0.4, 0.5) is 0 Å². The van der Waals surface area contributed by atoms with Crippen molar-refractivity contribution in [2.24, 2.45) is 0 Å². The number of rotatable bonds is 43. The first kappa shape index (κ1) is 50.9. The average molecular weight is 738 g/mol. The lowest BCUT2D eigenvalue weighted by atomic mass is 10.0. The summed E-state index contributed by atoms with van der Waals surface area (Å²) < 4.78 is 11.5. The molecule has 0 amide bonds. The lowest BCUT2D eigenvalue weighted by Crippen LogP contribution is -2.27. The first-order valence-corrected chi connectivity index (χ1v) is 23.3. The molecule has 0 spiro atoms. The molecule has 52 heavy (non-hydrogen) atoms. The molecule has 0 aromatic carbocycles. The highest BCUT2D eigenvalue weighted by molar-refractivity contribution is 5.69. The standard InChI is InChI=1S/C46H91NO5/c1-4-7-10-13-16-21-28-36-44(35-27-20-15-12-9-6-3)52-46(50)38-30-23-19-25-32-40-47(41-34-42-48)39-31-24-18-22-29-37-45(49)51-43-33-26-17-14-11-8-5-2/h44,48H,4-43H2,1-3H3. The molecule has 0 aromatic rings. The highest BCUT2D eigenvalue weighted by Crippen LogP contribution is 2.19. The number of aliphatic hydroxyl groups is 1. The van der Waals surface area contributed by atoms with Crippen LogP contribution in [-0.4, -0.2) is 60.9 Å². The zero-order valence-corrected chi connectivity index (χ0v) is 35.4. The van der Waals surface area contributed by atoms with Gasteiger partial charge in [-0.3, -0.25) is 9.59 Å². The van der Waals surface area contributed by atoms with Gasteiger partial charge in [0.25, 0.3) is 0 Å². The van der Waals surface area contributed by atoms with Gasteiger partial charge in [0, 0.05) is 26.0 Å². The Bertz CT molecular complexity index is 732. The minimum Gasteiger partial charge on any atom is -0.466 e. The van der Waals surface area contributed by atoms with E-state index in [0.717, 1.165) is 71.0 Å². The van der Waals surface area contributed by atoms with E-state index in [4.69, 9.17) is 9.47 Å². The van der Waals surface area contributed by atoms with Crippen LogP contribution in [0.5, 0.6) is 0 Å². The number of hydrogen-bond donors (Lipinski definition) is 1. The fourth-order valence-corrected chi connectivity index (χ4v) is 7.21. The summed E-state index contributed by atoms with van der Waals surface area (Å²) in [7, 11) is 0. The van der Waals surface area contributed by atoms with Crippen LogP contribution in [0.2, 0.25) is 0 Å². The largest absolute Gasteiger partial charge is 0.466 e. The molecule has 0 rings (SSSR count). The minimum absolute atomic E-state index is 0.0212. The van der Waals surface area contributed by atoms with Crippen LogP contribution in [0.3, 0.4) is 0 Å². The van der Waals surface area contributed by atoms with Crippen molar-refractivity contribution in [3.8, 4) is 0 Å². The lowest BCUT2D eigenvalue weighted by molar-refractivity contribution is -0.150. The molecule has 0 aliphatic heterocycles. The van der Waals surface area contributed by atoms with Crippen molar-refractivity contribution < 1.29 is 24.2 Å². The predicted octanol–water partition coefficient (Wildman–Crippen LogP) is 13.4. The second-order valence-corrected chi connectivity index (χ2v) is 15.9. The Kier molecular flexibility index (Phi) is 41.7. The van der Waals surface area contributed by atoms with Crippen LogP contribution in [0.15, 0.2) is 0 Å². The molecule has 0 aliphatic rings. The number of nitrogens with zero attached hydrogens (tertiary/aromatic N) is 1. The van der Waals surface area contributed by atoms with E-state index in [2.05, 4.69) is 25.7 Å². The Balaban J connectivity index is 4.04. The maximum atomic E-state index is 12.7. The minimum atomic E-state index is -0.0254. The van der Waals surface area contributed by atoms with Gasteiger partial charge in [-0.1, -0.05) is 168 Å². The van der Waals surface area contributed by atoms with Crippen LogP contribution >= 0.6 is 0 Å². The van der Waals surface area contributed by atoms with E-state index < -0.39 is 0 Å². The normalized spacial score (nSPS) is 12.1. The topological polar surface area (TPSA) is 76.1 Å². The number of ether oxygens (including phenoxy) is 2. The Hall–Kier alpha value is -1.14. The Morgan fingerprint density at radius 3 is 1.27 bits per heavy atom. The second-order valence-electron chi connectivity index (χ2n) is 15.9. The maximum Gasteiger partial charge on any atom is 0.306 e. The van der Waals surface area contributed by atoms with Crippen LogP contribution in [0.25, 0.3) is 0 Å². The Morgan fingerprint density at radius 1 is 0.442 bits per heavy atom. The van der Waals surface area contributed by atoms with Crippen LogP contribution in [0, 0.1) is 0 Å². The van der Waals surface area contributed by atoms with Crippen molar-refractivity contribution in [1.29, 1.82) is 0 Å². The maximum absolute atomic E-state index is 12.7. The van der Waals surface area contributed by atoms with Gasteiger partial charge >= 0.3 is 11.9 Å². The number of esters is 2. The molecule has 0 aliphatic carbocycles. The fraction of sp³-hybridized carbons (Fsp3) is 0.957. The van der Waals surface area contributed by atoms with Gasteiger partial charge in [-0.15, -0.1) is 0 Å². The van der Waals surface area contributed by atoms with E-state index >= 15 is 0 Å². The summed E-state index contributed by atoms with van der Waals surface area (Å²) in [5.41, 5.74) is 0. The van der Waals surface area contributed by atoms with Gasteiger partial charge in [0.2, 0.25) is 0 Å². The van der Waals surface area contributed by atoms with E-state index in [-0.39, 0.29) is 24.6 Å². The molecular weight excluding hydrogens is 647 g/mol. The summed E-state index contributed by atoms with van der Waals surface area (Å²) >= 11 is 0. The van der Waals surface area contributed by atoms with Crippen molar-refractivity contribution in [2.45, 2.75) is 252 Å². The summed E-state index contributed by atoms with van der Waals surface area (Å²) in [6.07, 6.45) is 40.8. The molecule has 6 heteroatoms. The third-order valence-corrected chi connectivity index (χ3v) is 10.7. The molecule has 1 atom stereocenters. The van der Waals surface area contributed by atoms with Gasteiger partial charge < -0.3 is 19.5 Å². The Morgan fingerprint density at radius 2 is 0.808 bits per heavy atom. The van der Waals surface area contributed by atoms with Gasteiger partial charge in [0.05, 0.1) is 6.61 Å². The smallest absolute Gasteiger partial charge is 0.306 e. The molecule has 1 unspecified atom stereocenters. The molecule has 0 saturated carbocycles. The first-order chi connectivity index (χ1) is 25.6. The van der Waals surface area contributed by atoms with Crippen molar-refractivity contribution in [3.63, 3.8) is 0 Å². The number of aliphatic hydroxyl groups excluding tert-OH is 1. The number of hydrogen-bond acceptors (Lipinski definition) is 6. The van der Waals surface area contributed by atoms with Crippen molar-refractivity contribution in [3.05, 3.63) is 0 Å². The SMILES string of the molecule is CCCCCCCCCOC(=O)CCCCCCCN(CCCO)CCCCCCCC(=O)OC(CCCCCCCC)CCCCCCCCC. The summed E-state index contributed by atoms with van der Waals surface area (Å²) in [6, 6.07) is 0. The molecule has 0 fully saturated rings. The van der Waals surface area contributed by atoms with E-state index in [9.17, 15) is 14.7 Å². The first-order valence-electron chi connectivity index (χ1n) is 23.3. The molecule has 0 aromatic heterocycles. The molecule has 1 N–H and O–H groups in total. The molecule has 6 nitrogen and oxygen atoms in total. The number of carbonyl (C=O) groups is 2. The summed E-state index contributed by atoms with van der Waals surface area (Å²) in [4.78, 5) is 27.3. The van der Waals surface area contributed by atoms with E-state index in [1.165, 1.54) is 161 Å². The van der Waals surface area contributed by atoms with Crippen molar-refractivity contribution in [1.82, 2.24) is 4.90 Å².